The van der Waals surface area contributed by atoms with E-state index in [1.54, 1.807) is 6.07 Å². The van der Waals surface area contributed by atoms with Gasteiger partial charge in [0.1, 0.15) is 5.69 Å². The molecule has 3 rings (SSSR count). The van der Waals surface area contributed by atoms with Gasteiger partial charge in [-0.2, -0.15) is 5.10 Å². The SMILES string of the molecule is O=C(c1cc(-c2ccccc2)n[nH]1)N1CCC(F)(C(=O)O)C1. The summed E-state index contributed by atoms with van der Waals surface area (Å²) in [6.45, 7) is -0.373. The highest BCUT2D eigenvalue weighted by atomic mass is 19.1. The summed E-state index contributed by atoms with van der Waals surface area (Å²) < 4.78 is 14.0. The van der Waals surface area contributed by atoms with Crippen LogP contribution in [-0.2, 0) is 4.79 Å². The maximum atomic E-state index is 14.0. The smallest absolute Gasteiger partial charge is 0.343 e. The quantitative estimate of drug-likeness (QED) is 0.904. The number of halogens is 1. The Morgan fingerprint density at radius 1 is 1.32 bits per heavy atom. The largest absolute Gasteiger partial charge is 0.479 e. The zero-order valence-corrected chi connectivity index (χ0v) is 11.6. The van der Waals surface area contributed by atoms with E-state index >= 15 is 0 Å². The van der Waals surface area contributed by atoms with E-state index in [9.17, 15) is 14.0 Å². The van der Waals surface area contributed by atoms with Crippen molar-refractivity contribution in [2.24, 2.45) is 0 Å². The van der Waals surface area contributed by atoms with Crippen LogP contribution in [0.1, 0.15) is 16.9 Å². The number of aromatic amines is 1. The van der Waals surface area contributed by atoms with E-state index in [1.807, 2.05) is 30.3 Å². The number of carbonyl (C=O) groups is 2. The Morgan fingerprint density at radius 3 is 2.68 bits per heavy atom. The number of alkyl halides is 1. The van der Waals surface area contributed by atoms with E-state index in [0.29, 0.717) is 5.69 Å². The van der Waals surface area contributed by atoms with Gasteiger partial charge in [0.2, 0.25) is 5.67 Å². The summed E-state index contributed by atoms with van der Waals surface area (Å²) in [5.41, 5.74) is -0.691. The third-order valence-corrected chi connectivity index (χ3v) is 3.77. The van der Waals surface area contributed by atoms with Crippen LogP contribution in [-0.4, -0.2) is 50.8 Å². The van der Waals surface area contributed by atoms with E-state index in [-0.39, 0.29) is 18.7 Å². The van der Waals surface area contributed by atoms with E-state index in [2.05, 4.69) is 10.2 Å². The fourth-order valence-corrected chi connectivity index (χ4v) is 2.48. The molecule has 7 heteroatoms. The highest BCUT2D eigenvalue weighted by molar-refractivity contribution is 5.94. The molecule has 1 aliphatic heterocycles. The summed E-state index contributed by atoms with van der Waals surface area (Å²) in [7, 11) is 0. The predicted molar refractivity (Wildman–Crippen MR) is 76.0 cm³/mol. The van der Waals surface area contributed by atoms with Crippen LogP contribution >= 0.6 is 0 Å². The number of aromatic nitrogens is 2. The second-order valence-electron chi connectivity index (χ2n) is 5.28. The van der Waals surface area contributed by atoms with Gasteiger partial charge >= 0.3 is 5.97 Å². The molecule has 0 spiro atoms. The lowest BCUT2D eigenvalue weighted by atomic mass is 10.1. The molecule has 2 heterocycles. The normalized spacial score (nSPS) is 21.0. The van der Waals surface area contributed by atoms with Crippen molar-refractivity contribution in [3.8, 4) is 11.3 Å². The minimum absolute atomic E-state index is 0.0708. The van der Waals surface area contributed by atoms with Gasteiger partial charge in [0, 0.05) is 18.5 Å². The molecule has 1 aromatic carbocycles. The van der Waals surface area contributed by atoms with Crippen LogP contribution in [0.5, 0.6) is 0 Å². The number of aliphatic carboxylic acids is 1. The molecule has 22 heavy (non-hydrogen) atoms. The fourth-order valence-electron chi connectivity index (χ4n) is 2.48. The first kappa shape index (κ1) is 14.2. The number of likely N-dealkylation sites (tertiary alicyclic amines) is 1. The van der Waals surface area contributed by atoms with Crippen LogP contribution in [0.25, 0.3) is 11.3 Å². The van der Waals surface area contributed by atoms with Crippen LogP contribution in [0.4, 0.5) is 4.39 Å². The standard InChI is InChI=1S/C15H14FN3O3/c16-15(14(21)22)6-7-19(9-15)13(20)12-8-11(17-18-12)10-4-2-1-3-5-10/h1-5,8H,6-7,9H2,(H,17,18)(H,21,22). The third kappa shape index (κ3) is 2.45. The summed E-state index contributed by atoms with van der Waals surface area (Å²) in [6, 6.07) is 10.9. The van der Waals surface area contributed by atoms with Crippen molar-refractivity contribution in [2.45, 2.75) is 12.1 Å². The van der Waals surface area contributed by atoms with Crippen molar-refractivity contribution in [1.82, 2.24) is 15.1 Å². The highest BCUT2D eigenvalue weighted by Crippen LogP contribution is 2.27. The Hall–Kier alpha value is -2.70. The van der Waals surface area contributed by atoms with Crippen molar-refractivity contribution in [2.75, 3.05) is 13.1 Å². The van der Waals surface area contributed by atoms with Crippen LogP contribution in [0.2, 0.25) is 0 Å². The number of carbonyl (C=O) groups excluding carboxylic acids is 1. The molecule has 1 aromatic heterocycles. The summed E-state index contributed by atoms with van der Waals surface area (Å²) in [4.78, 5) is 24.4. The molecular weight excluding hydrogens is 289 g/mol. The van der Waals surface area contributed by atoms with Gasteiger partial charge < -0.3 is 10.0 Å². The Balaban J connectivity index is 1.77. The molecule has 114 valence electrons. The predicted octanol–water partition coefficient (Wildman–Crippen LogP) is 1.72. The third-order valence-electron chi connectivity index (χ3n) is 3.77. The lowest BCUT2D eigenvalue weighted by Crippen LogP contribution is -2.39. The molecule has 1 amide bonds. The lowest BCUT2D eigenvalue weighted by molar-refractivity contribution is -0.149. The van der Waals surface area contributed by atoms with Crippen LogP contribution < -0.4 is 0 Å². The van der Waals surface area contributed by atoms with Gasteiger partial charge in [0.05, 0.1) is 12.2 Å². The van der Waals surface area contributed by atoms with Gasteiger partial charge in [-0.3, -0.25) is 9.89 Å². The summed E-state index contributed by atoms with van der Waals surface area (Å²) in [6.07, 6.45) is -0.201. The fraction of sp³-hybridized carbons (Fsp3) is 0.267. The Kier molecular flexibility index (Phi) is 3.40. The van der Waals surface area contributed by atoms with Crippen molar-refractivity contribution in [3.05, 3.63) is 42.1 Å². The molecule has 1 aliphatic rings. The number of carboxylic acids is 1. The van der Waals surface area contributed by atoms with Crippen molar-refractivity contribution in [1.29, 1.82) is 0 Å². The molecule has 1 fully saturated rings. The van der Waals surface area contributed by atoms with Crippen molar-refractivity contribution < 1.29 is 19.1 Å². The molecule has 0 saturated carbocycles. The number of nitrogens with zero attached hydrogens (tertiary/aromatic N) is 2. The number of benzene rings is 1. The van der Waals surface area contributed by atoms with Gasteiger partial charge in [0.15, 0.2) is 0 Å². The topological polar surface area (TPSA) is 86.3 Å². The molecule has 2 aromatic rings. The van der Waals surface area contributed by atoms with E-state index in [0.717, 1.165) is 5.56 Å². The second-order valence-corrected chi connectivity index (χ2v) is 5.28. The number of nitrogens with one attached hydrogen (secondary N) is 1. The number of rotatable bonds is 3. The van der Waals surface area contributed by atoms with E-state index < -0.39 is 24.1 Å². The molecule has 1 saturated heterocycles. The van der Waals surface area contributed by atoms with Crippen molar-refractivity contribution >= 4 is 11.9 Å². The van der Waals surface area contributed by atoms with E-state index in [4.69, 9.17) is 5.11 Å². The number of H-pyrrole nitrogens is 1. The average molecular weight is 303 g/mol. The zero-order chi connectivity index (χ0) is 15.7. The minimum atomic E-state index is -2.36. The van der Waals surface area contributed by atoms with Crippen molar-refractivity contribution in [3.63, 3.8) is 0 Å². The van der Waals surface area contributed by atoms with Crippen LogP contribution in [0.15, 0.2) is 36.4 Å². The van der Waals surface area contributed by atoms with Crippen LogP contribution in [0.3, 0.4) is 0 Å². The maximum Gasteiger partial charge on any atom is 0.343 e. The first-order chi connectivity index (χ1) is 10.5. The van der Waals surface area contributed by atoms with Crippen LogP contribution in [0, 0.1) is 0 Å². The molecule has 2 N–H and O–H groups in total. The Bertz CT molecular complexity index is 716. The molecule has 0 aliphatic carbocycles. The highest BCUT2D eigenvalue weighted by Gasteiger charge is 2.47. The van der Waals surface area contributed by atoms with Gasteiger partial charge in [0.25, 0.3) is 5.91 Å². The lowest BCUT2D eigenvalue weighted by Gasteiger charge is -2.16. The molecule has 6 nitrogen and oxygen atoms in total. The summed E-state index contributed by atoms with van der Waals surface area (Å²) >= 11 is 0. The summed E-state index contributed by atoms with van der Waals surface area (Å²) in [5, 5.41) is 15.6. The first-order valence-corrected chi connectivity index (χ1v) is 6.82. The molecule has 0 radical (unpaired) electrons. The van der Waals surface area contributed by atoms with E-state index in [1.165, 1.54) is 4.90 Å². The number of hydrogen-bond acceptors (Lipinski definition) is 3. The second kappa shape index (κ2) is 5.25. The Morgan fingerprint density at radius 2 is 2.05 bits per heavy atom. The minimum Gasteiger partial charge on any atom is -0.479 e. The molecule has 1 unspecified atom stereocenters. The van der Waals surface area contributed by atoms with Gasteiger partial charge in [-0.05, 0) is 6.07 Å². The average Bonchev–Trinajstić information content (AvgIpc) is 3.15. The van der Waals surface area contributed by atoms with Gasteiger partial charge in [-0.15, -0.1) is 0 Å². The molecule has 1 atom stereocenters. The zero-order valence-electron chi connectivity index (χ0n) is 11.6. The Labute approximate surface area is 125 Å². The number of amides is 1. The number of hydrogen-bond donors (Lipinski definition) is 2. The maximum absolute atomic E-state index is 14.0. The number of carboxylic acid groups (broad SMARTS) is 1. The van der Waals surface area contributed by atoms with Gasteiger partial charge in [-0.1, -0.05) is 30.3 Å². The summed E-state index contributed by atoms with van der Waals surface area (Å²) in [5.74, 6) is -1.98. The molecule has 0 bridgehead atoms. The monoisotopic (exact) mass is 303 g/mol. The first-order valence-electron chi connectivity index (χ1n) is 6.82. The van der Waals surface area contributed by atoms with Gasteiger partial charge in [-0.25, -0.2) is 9.18 Å². The molecular formula is C15H14FN3O3.